The number of hydrogen-bond acceptors (Lipinski definition) is 5. The zero-order valence-corrected chi connectivity index (χ0v) is 9.61. The lowest BCUT2D eigenvalue weighted by molar-refractivity contribution is 0.0740. The van der Waals surface area contributed by atoms with Crippen molar-refractivity contribution in [3.8, 4) is 0 Å². The third-order valence-corrected chi connectivity index (χ3v) is 2.16. The zero-order valence-electron chi connectivity index (χ0n) is 9.61. The molecule has 0 radical (unpaired) electrons. The van der Waals surface area contributed by atoms with Gasteiger partial charge >= 0.3 is 0 Å². The van der Waals surface area contributed by atoms with Crippen LogP contribution in [0.2, 0.25) is 0 Å². The molecule has 0 aliphatic carbocycles. The van der Waals surface area contributed by atoms with E-state index in [9.17, 15) is 8.78 Å². The molecular weight excluding hydrogens is 230 g/mol. The minimum absolute atomic E-state index is 0.158. The Kier molecular flexibility index (Phi) is 5.71. The van der Waals surface area contributed by atoms with Crippen LogP contribution < -0.4 is 5.32 Å². The summed E-state index contributed by atoms with van der Waals surface area (Å²) >= 11 is 0. The number of hydrogen-bond donors (Lipinski definition) is 2. The SMILES string of the molecule is CNc1cnc(CN(CCO)CC(F)F)cn1. The van der Waals surface area contributed by atoms with E-state index in [1.165, 1.54) is 17.3 Å². The number of aliphatic hydroxyl groups excluding tert-OH is 1. The number of nitrogens with zero attached hydrogens (tertiary/aromatic N) is 3. The van der Waals surface area contributed by atoms with Crippen molar-refractivity contribution in [2.75, 3.05) is 32.1 Å². The molecule has 96 valence electrons. The predicted molar refractivity (Wildman–Crippen MR) is 59.9 cm³/mol. The minimum atomic E-state index is -2.42. The van der Waals surface area contributed by atoms with Crippen LogP contribution >= 0.6 is 0 Å². The van der Waals surface area contributed by atoms with Gasteiger partial charge in [0.2, 0.25) is 0 Å². The van der Waals surface area contributed by atoms with Crippen molar-refractivity contribution in [1.29, 1.82) is 0 Å². The fourth-order valence-corrected chi connectivity index (χ4v) is 1.37. The highest BCUT2D eigenvalue weighted by Gasteiger charge is 2.12. The Labute approximate surface area is 98.5 Å². The number of anilines is 1. The average Bonchev–Trinajstić information content (AvgIpc) is 2.29. The second kappa shape index (κ2) is 7.08. The van der Waals surface area contributed by atoms with Gasteiger partial charge in [0.05, 0.1) is 31.2 Å². The number of halogens is 2. The summed E-state index contributed by atoms with van der Waals surface area (Å²) in [6, 6.07) is 0. The lowest BCUT2D eigenvalue weighted by Gasteiger charge is -2.19. The number of aromatic nitrogens is 2. The highest BCUT2D eigenvalue weighted by atomic mass is 19.3. The van der Waals surface area contributed by atoms with Gasteiger partial charge in [0.25, 0.3) is 6.43 Å². The molecule has 17 heavy (non-hydrogen) atoms. The maximum atomic E-state index is 12.3. The molecule has 1 rings (SSSR count). The highest BCUT2D eigenvalue weighted by Crippen LogP contribution is 2.05. The van der Waals surface area contributed by atoms with E-state index in [0.29, 0.717) is 11.5 Å². The van der Waals surface area contributed by atoms with Crippen molar-refractivity contribution >= 4 is 5.82 Å². The van der Waals surface area contributed by atoms with Gasteiger partial charge in [0, 0.05) is 20.1 Å². The molecular formula is C10H16F2N4O. The molecule has 1 aromatic heterocycles. The maximum absolute atomic E-state index is 12.3. The maximum Gasteiger partial charge on any atom is 0.251 e. The van der Waals surface area contributed by atoms with Gasteiger partial charge in [-0.2, -0.15) is 0 Å². The van der Waals surface area contributed by atoms with Crippen molar-refractivity contribution in [1.82, 2.24) is 14.9 Å². The first-order valence-corrected chi connectivity index (χ1v) is 5.25. The molecule has 0 bridgehead atoms. The Balaban J connectivity index is 2.58. The molecule has 0 saturated heterocycles. The van der Waals surface area contributed by atoms with Crippen molar-refractivity contribution in [3.05, 3.63) is 18.1 Å². The molecule has 0 spiro atoms. The van der Waals surface area contributed by atoms with Gasteiger partial charge in [-0.05, 0) is 0 Å². The van der Waals surface area contributed by atoms with Crippen LogP contribution in [0.3, 0.4) is 0 Å². The second-order valence-corrected chi connectivity index (χ2v) is 3.49. The van der Waals surface area contributed by atoms with E-state index in [0.717, 1.165) is 0 Å². The van der Waals surface area contributed by atoms with Crippen LogP contribution in [0.4, 0.5) is 14.6 Å². The largest absolute Gasteiger partial charge is 0.395 e. The average molecular weight is 246 g/mol. The van der Waals surface area contributed by atoms with Crippen molar-refractivity contribution in [2.45, 2.75) is 13.0 Å². The summed E-state index contributed by atoms with van der Waals surface area (Å²) in [5.41, 5.74) is 0.595. The Morgan fingerprint density at radius 2 is 2.18 bits per heavy atom. The topological polar surface area (TPSA) is 61.3 Å². The molecule has 0 atom stereocenters. The number of alkyl halides is 2. The fourth-order valence-electron chi connectivity index (χ4n) is 1.37. The normalized spacial score (nSPS) is 11.2. The summed E-state index contributed by atoms with van der Waals surface area (Å²) in [4.78, 5) is 9.56. The van der Waals surface area contributed by atoms with Gasteiger partial charge in [-0.3, -0.25) is 9.88 Å². The van der Waals surface area contributed by atoms with Gasteiger partial charge in [-0.15, -0.1) is 0 Å². The van der Waals surface area contributed by atoms with E-state index in [4.69, 9.17) is 5.11 Å². The van der Waals surface area contributed by atoms with Gasteiger partial charge in [0.1, 0.15) is 5.82 Å². The summed E-state index contributed by atoms with van der Waals surface area (Å²) in [5.74, 6) is 0.622. The van der Waals surface area contributed by atoms with E-state index < -0.39 is 6.43 Å². The van der Waals surface area contributed by atoms with Crippen molar-refractivity contribution in [2.24, 2.45) is 0 Å². The van der Waals surface area contributed by atoms with Gasteiger partial charge in [-0.25, -0.2) is 13.8 Å². The fraction of sp³-hybridized carbons (Fsp3) is 0.600. The monoisotopic (exact) mass is 246 g/mol. The van der Waals surface area contributed by atoms with E-state index in [1.807, 2.05) is 0 Å². The smallest absolute Gasteiger partial charge is 0.251 e. The summed E-state index contributed by atoms with van der Waals surface area (Å²) in [5, 5.41) is 11.6. The molecule has 1 heterocycles. The zero-order chi connectivity index (χ0) is 12.7. The number of aliphatic hydroxyl groups is 1. The third kappa shape index (κ3) is 5.01. The molecule has 0 saturated carbocycles. The van der Waals surface area contributed by atoms with E-state index in [1.54, 1.807) is 7.05 Å². The Morgan fingerprint density at radius 3 is 2.65 bits per heavy atom. The van der Waals surface area contributed by atoms with Gasteiger partial charge in [0.15, 0.2) is 0 Å². The molecule has 0 amide bonds. The minimum Gasteiger partial charge on any atom is -0.395 e. The van der Waals surface area contributed by atoms with Gasteiger partial charge in [-0.1, -0.05) is 0 Å². The molecule has 5 nitrogen and oxygen atoms in total. The summed E-state index contributed by atoms with van der Waals surface area (Å²) in [6.07, 6.45) is 0.641. The molecule has 1 aromatic rings. The van der Waals surface area contributed by atoms with Crippen LogP contribution in [-0.4, -0.2) is 53.1 Å². The summed E-state index contributed by atoms with van der Waals surface area (Å²) in [7, 11) is 1.72. The molecule has 0 aromatic carbocycles. The molecule has 2 N–H and O–H groups in total. The van der Waals surface area contributed by atoms with E-state index >= 15 is 0 Å². The number of nitrogens with one attached hydrogen (secondary N) is 1. The van der Waals surface area contributed by atoms with E-state index in [-0.39, 0.29) is 26.2 Å². The number of rotatable bonds is 7. The summed E-state index contributed by atoms with van der Waals surface area (Å²) < 4.78 is 24.5. The lowest BCUT2D eigenvalue weighted by atomic mass is 10.3. The lowest BCUT2D eigenvalue weighted by Crippen LogP contribution is -2.31. The molecule has 0 unspecified atom stereocenters. The Bertz CT molecular complexity index is 321. The Hall–Kier alpha value is -1.34. The standard InChI is InChI=1S/C10H16F2N4O/c1-13-10-5-14-8(4-15-10)6-16(2-3-17)7-9(11)12/h4-5,9,17H,2-3,6-7H2,1H3,(H,13,15). The molecule has 0 aliphatic heterocycles. The van der Waals surface area contributed by atoms with Crippen LogP contribution in [0.25, 0.3) is 0 Å². The third-order valence-electron chi connectivity index (χ3n) is 2.16. The van der Waals surface area contributed by atoms with E-state index in [2.05, 4.69) is 15.3 Å². The van der Waals surface area contributed by atoms with Crippen LogP contribution in [0, 0.1) is 0 Å². The molecule has 0 fully saturated rings. The van der Waals surface area contributed by atoms with Crippen LogP contribution in [-0.2, 0) is 6.54 Å². The predicted octanol–water partition coefficient (Wildman–Crippen LogP) is 0.578. The molecule has 7 heteroatoms. The van der Waals surface area contributed by atoms with Crippen LogP contribution in [0.15, 0.2) is 12.4 Å². The van der Waals surface area contributed by atoms with Crippen LogP contribution in [0.5, 0.6) is 0 Å². The highest BCUT2D eigenvalue weighted by molar-refractivity contribution is 5.29. The van der Waals surface area contributed by atoms with Crippen molar-refractivity contribution < 1.29 is 13.9 Å². The second-order valence-electron chi connectivity index (χ2n) is 3.49. The van der Waals surface area contributed by atoms with Gasteiger partial charge < -0.3 is 10.4 Å². The van der Waals surface area contributed by atoms with Crippen LogP contribution in [0.1, 0.15) is 5.69 Å². The van der Waals surface area contributed by atoms with Crippen molar-refractivity contribution in [3.63, 3.8) is 0 Å². The Morgan fingerprint density at radius 1 is 1.41 bits per heavy atom. The summed E-state index contributed by atoms with van der Waals surface area (Å²) in [6.45, 7) is -0.0908. The quantitative estimate of drug-likeness (QED) is 0.737. The first-order chi connectivity index (χ1) is 8.15. The molecule has 0 aliphatic rings. The first-order valence-electron chi connectivity index (χ1n) is 5.25. The first kappa shape index (κ1) is 13.7.